The van der Waals surface area contributed by atoms with Crippen molar-refractivity contribution in [3.05, 3.63) is 0 Å². The maximum atomic E-state index is 11.5. The first kappa shape index (κ1) is 14.1. The molecule has 0 aromatic rings. The molecule has 1 aliphatic heterocycles. The Kier molecular flexibility index (Phi) is 5.86. The molecule has 1 saturated carbocycles. The van der Waals surface area contributed by atoms with E-state index in [0.717, 1.165) is 12.0 Å². The third-order valence-electron chi connectivity index (χ3n) is 2.55. The van der Waals surface area contributed by atoms with Gasteiger partial charge in [0, 0.05) is 6.04 Å². The molecule has 1 heterocycles. The van der Waals surface area contributed by atoms with Gasteiger partial charge in [-0.05, 0) is 25.8 Å². The average molecular weight is 229 g/mol. The van der Waals surface area contributed by atoms with E-state index in [1.807, 2.05) is 7.05 Å². The number of alkyl halides is 2. The maximum absolute atomic E-state index is 11.5. The van der Waals surface area contributed by atoms with E-state index in [0.29, 0.717) is 0 Å². The van der Waals surface area contributed by atoms with Crippen LogP contribution in [0.3, 0.4) is 0 Å². The van der Waals surface area contributed by atoms with Crippen molar-refractivity contribution in [1.82, 2.24) is 10.6 Å². The molecule has 0 spiro atoms. The van der Waals surface area contributed by atoms with E-state index in [2.05, 4.69) is 17.6 Å². The van der Waals surface area contributed by atoms with E-state index in [1.54, 1.807) is 0 Å². The summed E-state index contributed by atoms with van der Waals surface area (Å²) in [4.78, 5) is 0. The summed E-state index contributed by atoms with van der Waals surface area (Å²) in [6.07, 6.45) is 2.77. The van der Waals surface area contributed by atoms with Crippen LogP contribution in [0.1, 0.15) is 19.8 Å². The zero-order valence-electron chi connectivity index (χ0n) is 8.65. The summed E-state index contributed by atoms with van der Waals surface area (Å²) in [6, 6.07) is 0.843. The Morgan fingerprint density at radius 1 is 1.29 bits per heavy atom. The fraction of sp³-hybridized carbons (Fsp3) is 1.00. The summed E-state index contributed by atoms with van der Waals surface area (Å²) in [7, 11) is 2.04. The second kappa shape index (κ2) is 5.83. The van der Waals surface area contributed by atoms with Gasteiger partial charge in [-0.1, -0.05) is 6.92 Å². The smallest absolute Gasteiger partial charge is 0.272 e. The third-order valence-corrected chi connectivity index (χ3v) is 2.55. The lowest BCUT2D eigenvalue weighted by Gasteiger charge is -2.31. The molecule has 2 rings (SSSR count). The van der Waals surface area contributed by atoms with Crippen LogP contribution in [0.4, 0.5) is 8.78 Å². The normalized spacial score (nSPS) is 32.6. The Balaban J connectivity index is 0.000000227. The number of halogens is 3. The molecule has 0 amide bonds. The highest BCUT2D eigenvalue weighted by molar-refractivity contribution is 5.85. The lowest BCUT2D eigenvalue weighted by Crippen LogP contribution is -2.52. The summed E-state index contributed by atoms with van der Waals surface area (Å²) >= 11 is 0. The largest absolute Gasteiger partial charge is 0.317 e. The van der Waals surface area contributed by atoms with Crippen LogP contribution < -0.4 is 10.6 Å². The molecule has 0 bridgehead atoms. The van der Waals surface area contributed by atoms with E-state index >= 15 is 0 Å². The molecule has 86 valence electrons. The fourth-order valence-electron chi connectivity index (χ4n) is 1.45. The number of nitrogens with one attached hydrogen (secondary N) is 2. The Morgan fingerprint density at radius 3 is 1.79 bits per heavy atom. The first-order valence-electron chi connectivity index (χ1n) is 4.79. The molecule has 0 atom stereocenters. The zero-order valence-corrected chi connectivity index (χ0v) is 9.46. The summed E-state index contributed by atoms with van der Waals surface area (Å²) in [5, 5.41) is 5.68. The number of rotatable bonds is 1. The monoisotopic (exact) mass is 228 g/mol. The van der Waals surface area contributed by atoms with Gasteiger partial charge in [-0.2, -0.15) is 0 Å². The van der Waals surface area contributed by atoms with Gasteiger partial charge in [-0.3, -0.25) is 0 Å². The second-order valence-electron chi connectivity index (χ2n) is 4.02. The van der Waals surface area contributed by atoms with Gasteiger partial charge < -0.3 is 10.6 Å². The molecule has 0 aromatic carbocycles. The van der Waals surface area contributed by atoms with Crippen molar-refractivity contribution in [2.24, 2.45) is 5.92 Å². The molecule has 5 heteroatoms. The minimum Gasteiger partial charge on any atom is -0.317 e. The highest BCUT2D eigenvalue weighted by Gasteiger charge is 2.36. The molecule has 14 heavy (non-hydrogen) atoms. The summed E-state index contributed by atoms with van der Waals surface area (Å²) in [6.45, 7) is 2.04. The van der Waals surface area contributed by atoms with Crippen molar-refractivity contribution in [2.45, 2.75) is 31.7 Å². The van der Waals surface area contributed by atoms with Crippen LogP contribution in [0, 0.1) is 5.92 Å². The zero-order chi connectivity index (χ0) is 9.90. The van der Waals surface area contributed by atoms with Crippen molar-refractivity contribution in [2.75, 3.05) is 20.1 Å². The van der Waals surface area contributed by atoms with E-state index in [4.69, 9.17) is 0 Å². The van der Waals surface area contributed by atoms with Crippen LogP contribution in [-0.2, 0) is 0 Å². The van der Waals surface area contributed by atoms with Crippen molar-refractivity contribution in [3.63, 3.8) is 0 Å². The van der Waals surface area contributed by atoms with Gasteiger partial charge in [0.05, 0.1) is 13.1 Å². The average Bonchev–Trinajstić information content (AvgIpc) is 1.97. The third kappa shape index (κ3) is 4.53. The summed E-state index contributed by atoms with van der Waals surface area (Å²) in [5.74, 6) is -1.41. The van der Waals surface area contributed by atoms with E-state index < -0.39 is 5.92 Å². The van der Waals surface area contributed by atoms with Crippen LogP contribution in [0.25, 0.3) is 0 Å². The Hall–Kier alpha value is 0.0700. The lowest BCUT2D eigenvalue weighted by molar-refractivity contribution is -0.0475. The predicted molar refractivity (Wildman–Crippen MR) is 56.3 cm³/mol. The molecule has 2 nitrogen and oxygen atoms in total. The van der Waals surface area contributed by atoms with Gasteiger partial charge in [0.2, 0.25) is 0 Å². The van der Waals surface area contributed by atoms with Gasteiger partial charge in [0.25, 0.3) is 5.92 Å². The highest BCUT2D eigenvalue weighted by Crippen LogP contribution is 2.25. The van der Waals surface area contributed by atoms with Gasteiger partial charge >= 0.3 is 0 Å². The van der Waals surface area contributed by atoms with Crippen LogP contribution >= 0.6 is 12.4 Å². The fourth-order valence-corrected chi connectivity index (χ4v) is 1.45. The van der Waals surface area contributed by atoms with Gasteiger partial charge in [-0.25, -0.2) is 8.78 Å². The van der Waals surface area contributed by atoms with Crippen LogP contribution in [0.2, 0.25) is 0 Å². The first-order valence-corrected chi connectivity index (χ1v) is 4.79. The number of hydrogen-bond acceptors (Lipinski definition) is 2. The van der Waals surface area contributed by atoms with E-state index in [1.165, 1.54) is 12.8 Å². The van der Waals surface area contributed by atoms with E-state index in [9.17, 15) is 8.78 Å². The summed E-state index contributed by atoms with van der Waals surface area (Å²) in [5.41, 5.74) is 0. The molecule has 2 fully saturated rings. The van der Waals surface area contributed by atoms with Crippen LogP contribution in [0.15, 0.2) is 0 Å². The standard InChI is InChI=1S/C6H13N.C3H5F2N.ClH/c1-5-3-6(4-5)7-2;4-3(5)1-6-2-3;/h5-7H,3-4H2,1-2H3;6H,1-2H2;1H. The molecule has 0 unspecified atom stereocenters. The van der Waals surface area contributed by atoms with Crippen molar-refractivity contribution in [3.8, 4) is 0 Å². The molecule has 2 N–H and O–H groups in total. The lowest BCUT2D eigenvalue weighted by atomic mass is 9.82. The minimum atomic E-state index is -2.39. The minimum absolute atomic E-state index is 0. The molecule has 1 saturated heterocycles. The van der Waals surface area contributed by atoms with Gasteiger partial charge in [0.15, 0.2) is 0 Å². The molecular formula is C9H19ClF2N2. The maximum Gasteiger partial charge on any atom is 0.272 e. The van der Waals surface area contributed by atoms with Crippen molar-refractivity contribution < 1.29 is 8.78 Å². The highest BCUT2D eigenvalue weighted by atomic mass is 35.5. The second-order valence-corrected chi connectivity index (χ2v) is 4.02. The Bertz CT molecular complexity index is 155. The van der Waals surface area contributed by atoms with Crippen molar-refractivity contribution >= 4 is 12.4 Å². The van der Waals surface area contributed by atoms with Crippen LogP contribution in [-0.4, -0.2) is 32.1 Å². The van der Waals surface area contributed by atoms with Gasteiger partial charge in [0.1, 0.15) is 0 Å². The summed E-state index contributed by atoms with van der Waals surface area (Å²) < 4.78 is 23.0. The number of hydrogen-bond donors (Lipinski definition) is 2. The topological polar surface area (TPSA) is 24.1 Å². The quantitative estimate of drug-likeness (QED) is 0.713. The molecular weight excluding hydrogens is 210 g/mol. The van der Waals surface area contributed by atoms with Crippen LogP contribution in [0.5, 0.6) is 0 Å². The SMILES string of the molecule is CNC1CC(C)C1.Cl.FC1(F)CNC1. The molecule has 0 radical (unpaired) electrons. The van der Waals surface area contributed by atoms with E-state index in [-0.39, 0.29) is 25.5 Å². The predicted octanol–water partition coefficient (Wildman–Crippen LogP) is 1.65. The molecule has 1 aliphatic carbocycles. The molecule has 2 aliphatic rings. The van der Waals surface area contributed by atoms with Gasteiger partial charge in [-0.15, -0.1) is 12.4 Å². The van der Waals surface area contributed by atoms with Crippen molar-refractivity contribution in [1.29, 1.82) is 0 Å². The first-order chi connectivity index (χ1) is 6.03. The Morgan fingerprint density at radius 2 is 1.71 bits per heavy atom. The molecule has 0 aromatic heterocycles. The Labute approximate surface area is 90.2 Å².